The van der Waals surface area contributed by atoms with Gasteiger partial charge >= 0.3 is 0 Å². The zero-order valence-corrected chi connectivity index (χ0v) is 23.1. The predicted octanol–water partition coefficient (Wildman–Crippen LogP) is 3.83. The molecule has 1 aliphatic heterocycles. The standard InChI is InChI=1S/C27H27N7O3S2/c1-18-26(38-27(31-18)32-19(2)35)39(36,37)34-14-22-10-21(12-28)8-9-25(22)33(15-23-13-29-17-30-23)16-24(34)11-20-6-4-3-5-7-20/h3-10,13,17,24H,11,14-16H2,1-2H3,(H,29,30)(H,31,32,35). The first kappa shape index (κ1) is 26.6. The first-order valence-electron chi connectivity index (χ1n) is 12.3. The highest BCUT2D eigenvalue weighted by atomic mass is 32.2. The minimum absolute atomic E-state index is 0.0779. The van der Waals surface area contributed by atoms with Crippen molar-refractivity contribution >= 4 is 38.1 Å². The molecule has 0 spiro atoms. The van der Waals surface area contributed by atoms with Gasteiger partial charge in [-0.15, -0.1) is 0 Å². The Morgan fingerprint density at radius 1 is 1.26 bits per heavy atom. The van der Waals surface area contributed by atoms with Crippen molar-refractivity contribution in [3.63, 3.8) is 0 Å². The van der Waals surface area contributed by atoms with Crippen molar-refractivity contribution in [2.45, 2.75) is 43.6 Å². The Labute approximate surface area is 231 Å². The molecule has 1 atom stereocenters. The molecule has 10 nitrogen and oxygen atoms in total. The van der Waals surface area contributed by atoms with Crippen LogP contribution in [-0.2, 0) is 34.3 Å². The lowest BCUT2D eigenvalue weighted by Gasteiger charge is -2.31. The highest BCUT2D eigenvalue weighted by Crippen LogP contribution is 2.36. The summed E-state index contributed by atoms with van der Waals surface area (Å²) in [4.78, 5) is 25.4. The molecule has 2 aromatic heterocycles. The number of carbonyl (C=O) groups excluding carboxylic acids is 1. The van der Waals surface area contributed by atoms with Crippen LogP contribution in [0.3, 0.4) is 0 Å². The number of rotatable bonds is 7. The molecule has 2 aromatic carbocycles. The number of H-pyrrole nitrogens is 1. The summed E-state index contributed by atoms with van der Waals surface area (Å²) < 4.78 is 30.3. The van der Waals surface area contributed by atoms with Crippen LogP contribution in [0.15, 0.2) is 65.3 Å². The molecule has 1 unspecified atom stereocenters. The summed E-state index contributed by atoms with van der Waals surface area (Å²) in [5, 5.41) is 12.4. The summed E-state index contributed by atoms with van der Waals surface area (Å²) >= 11 is 0.944. The molecule has 1 aliphatic rings. The fourth-order valence-electron chi connectivity index (χ4n) is 4.82. The van der Waals surface area contributed by atoms with Crippen molar-refractivity contribution in [1.82, 2.24) is 19.3 Å². The number of carbonyl (C=O) groups is 1. The van der Waals surface area contributed by atoms with E-state index in [1.165, 1.54) is 11.2 Å². The number of nitrogens with one attached hydrogen (secondary N) is 2. The average Bonchev–Trinajstić information content (AvgIpc) is 3.52. The molecule has 3 heterocycles. The topological polar surface area (TPSA) is 135 Å². The molecule has 5 rings (SSSR count). The average molecular weight is 562 g/mol. The summed E-state index contributed by atoms with van der Waals surface area (Å²) in [6.07, 6.45) is 3.91. The second-order valence-corrected chi connectivity index (χ2v) is 12.4. The summed E-state index contributed by atoms with van der Waals surface area (Å²) in [6.45, 7) is 3.93. The van der Waals surface area contributed by atoms with Crippen molar-refractivity contribution in [2.75, 3.05) is 16.8 Å². The quantitative estimate of drug-likeness (QED) is 0.350. The number of nitriles is 1. The van der Waals surface area contributed by atoms with Gasteiger partial charge in [-0.05, 0) is 42.7 Å². The smallest absolute Gasteiger partial charge is 0.255 e. The number of fused-ring (bicyclic) bond motifs is 1. The van der Waals surface area contributed by atoms with Gasteiger partial charge in [0.15, 0.2) is 9.34 Å². The molecule has 200 valence electrons. The lowest BCUT2D eigenvalue weighted by atomic mass is 10.1. The monoisotopic (exact) mass is 561 g/mol. The first-order chi connectivity index (χ1) is 18.7. The van der Waals surface area contributed by atoms with Gasteiger partial charge in [0, 0.05) is 37.9 Å². The summed E-state index contributed by atoms with van der Waals surface area (Å²) in [7, 11) is -4.04. The maximum atomic E-state index is 14.3. The highest BCUT2D eigenvalue weighted by Gasteiger charge is 2.38. The maximum Gasteiger partial charge on any atom is 0.255 e. The van der Waals surface area contributed by atoms with Crippen molar-refractivity contribution in [1.29, 1.82) is 5.26 Å². The molecular weight excluding hydrogens is 534 g/mol. The number of anilines is 2. The van der Waals surface area contributed by atoms with Crippen molar-refractivity contribution < 1.29 is 13.2 Å². The van der Waals surface area contributed by atoms with Crippen LogP contribution < -0.4 is 10.2 Å². The van der Waals surface area contributed by atoms with Crippen molar-refractivity contribution in [3.8, 4) is 6.07 Å². The zero-order chi connectivity index (χ0) is 27.6. The third-order valence-corrected chi connectivity index (χ3v) is 10.1. The number of hydrogen-bond donors (Lipinski definition) is 2. The number of amides is 1. The Hall–Kier alpha value is -4.05. The molecule has 0 fully saturated rings. The number of nitrogens with zero attached hydrogens (tertiary/aromatic N) is 5. The SMILES string of the molecule is CC(=O)Nc1nc(C)c(S(=O)(=O)N2Cc3cc(C#N)ccc3N(Cc3c[nH]cn3)CC2Cc2ccccc2)s1. The van der Waals surface area contributed by atoms with E-state index in [2.05, 4.69) is 31.2 Å². The number of sulfonamides is 1. The van der Waals surface area contributed by atoms with E-state index >= 15 is 0 Å². The molecule has 0 aliphatic carbocycles. The van der Waals surface area contributed by atoms with Crippen molar-refractivity contribution in [2.24, 2.45) is 0 Å². The molecule has 2 N–H and O–H groups in total. The summed E-state index contributed by atoms with van der Waals surface area (Å²) in [5.74, 6) is -0.323. The normalized spacial score (nSPS) is 15.8. The van der Waals surface area contributed by atoms with Gasteiger partial charge in [0.2, 0.25) is 5.91 Å². The number of benzene rings is 2. The fraction of sp³-hybridized carbons (Fsp3) is 0.259. The molecule has 0 bridgehead atoms. The van der Waals surface area contributed by atoms with Crippen LogP contribution in [0.4, 0.5) is 10.8 Å². The van der Waals surface area contributed by atoms with Crippen LogP contribution in [0.5, 0.6) is 0 Å². The molecule has 39 heavy (non-hydrogen) atoms. The predicted molar refractivity (Wildman–Crippen MR) is 149 cm³/mol. The highest BCUT2D eigenvalue weighted by molar-refractivity contribution is 7.91. The van der Waals surface area contributed by atoms with Crippen LogP contribution >= 0.6 is 11.3 Å². The fourth-order valence-corrected chi connectivity index (χ4v) is 7.99. The number of aromatic amines is 1. The molecular formula is C27H27N7O3S2. The number of aryl methyl sites for hydroxylation is 1. The van der Waals surface area contributed by atoms with Crippen LogP contribution in [-0.4, -0.2) is 46.2 Å². The van der Waals surface area contributed by atoms with E-state index in [1.54, 1.807) is 25.4 Å². The van der Waals surface area contributed by atoms with E-state index in [-0.39, 0.29) is 21.8 Å². The molecule has 0 saturated carbocycles. The summed E-state index contributed by atoms with van der Waals surface area (Å²) in [5.41, 5.74) is 4.19. The third-order valence-electron chi connectivity index (χ3n) is 6.52. The van der Waals surface area contributed by atoms with E-state index in [9.17, 15) is 18.5 Å². The van der Waals surface area contributed by atoms with Crippen LogP contribution in [0.25, 0.3) is 0 Å². The third kappa shape index (κ3) is 5.70. The van der Waals surface area contributed by atoms with E-state index in [0.29, 0.717) is 30.8 Å². The lowest BCUT2D eigenvalue weighted by molar-refractivity contribution is -0.114. The molecule has 1 amide bonds. The Balaban J connectivity index is 1.62. The Morgan fingerprint density at radius 3 is 2.74 bits per heavy atom. The Kier molecular flexibility index (Phi) is 7.47. The van der Waals surface area contributed by atoms with Gasteiger partial charge in [-0.25, -0.2) is 18.4 Å². The van der Waals surface area contributed by atoms with Crippen molar-refractivity contribution in [3.05, 3.63) is 89.1 Å². The molecule has 0 saturated heterocycles. The van der Waals surface area contributed by atoms with E-state index in [1.807, 2.05) is 42.6 Å². The van der Waals surface area contributed by atoms with Gasteiger partial charge < -0.3 is 15.2 Å². The second kappa shape index (κ2) is 11.0. The minimum atomic E-state index is -4.04. The van der Waals surface area contributed by atoms with Gasteiger partial charge in [0.25, 0.3) is 10.0 Å². The molecule has 12 heteroatoms. The van der Waals surface area contributed by atoms with Crippen LogP contribution in [0.1, 0.15) is 35.0 Å². The second-order valence-electron chi connectivity index (χ2n) is 9.36. The minimum Gasteiger partial charge on any atom is -0.364 e. The first-order valence-corrected chi connectivity index (χ1v) is 14.6. The molecule has 4 aromatic rings. The van der Waals surface area contributed by atoms with Gasteiger partial charge in [-0.1, -0.05) is 41.7 Å². The van der Waals surface area contributed by atoms with Gasteiger partial charge in [-0.2, -0.15) is 9.57 Å². The van der Waals surface area contributed by atoms with Gasteiger partial charge in [0.1, 0.15) is 0 Å². The Morgan fingerprint density at radius 2 is 2.05 bits per heavy atom. The van der Waals surface area contributed by atoms with E-state index in [4.69, 9.17) is 0 Å². The van der Waals surface area contributed by atoms with Crippen LogP contribution in [0, 0.1) is 18.3 Å². The molecule has 0 radical (unpaired) electrons. The number of imidazole rings is 1. The summed E-state index contributed by atoms with van der Waals surface area (Å²) in [6, 6.07) is 16.9. The number of thiazole rings is 1. The van der Waals surface area contributed by atoms with E-state index in [0.717, 1.165) is 33.8 Å². The largest absolute Gasteiger partial charge is 0.364 e. The number of hydrogen-bond acceptors (Lipinski definition) is 8. The maximum absolute atomic E-state index is 14.3. The Bertz CT molecular complexity index is 1630. The van der Waals surface area contributed by atoms with Gasteiger partial charge in [0.05, 0.1) is 35.9 Å². The van der Waals surface area contributed by atoms with Gasteiger partial charge in [-0.3, -0.25) is 4.79 Å². The number of aromatic nitrogens is 3. The zero-order valence-electron chi connectivity index (χ0n) is 21.5. The lowest BCUT2D eigenvalue weighted by Crippen LogP contribution is -2.45. The van der Waals surface area contributed by atoms with E-state index < -0.39 is 16.1 Å². The van der Waals surface area contributed by atoms with Crippen LogP contribution in [0.2, 0.25) is 0 Å².